The van der Waals surface area contributed by atoms with E-state index in [4.69, 9.17) is 18.8 Å². The van der Waals surface area contributed by atoms with E-state index in [0.717, 1.165) is 4.57 Å². The number of benzene rings is 2. The topological polar surface area (TPSA) is 120 Å². The smallest absolute Gasteiger partial charge is 0.463 e. The molecule has 0 N–H and O–H groups in total. The monoisotopic (exact) mass is 559 g/mol. The molecule has 2 bridgehead atoms. The summed E-state index contributed by atoms with van der Waals surface area (Å²) in [6, 6.07) is 5.12. The van der Waals surface area contributed by atoms with E-state index in [-0.39, 0.29) is 45.3 Å². The number of rotatable bonds is 3. The molecule has 0 saturated carbocycles. The van der Waals surface area contributed by atoms with Crippen LogP contribution < -0.4 is 20.9 Å². The number of ketones is 2. The van der Waals surface area contributed by atoms with Crippen molar-refractivity contribution in [3.8, 4) is 11.5 Å². The number of carbonyl (C=O) groups is 2. The van der Waals surface area contributed by atoms with Crippen LogP contribution in [0.2, 0.25) is 5.82 Å². The van der Waals surface area contributed by atoms with Crippen molar-refractivity contribution in [2.24, 2.45) is 7.05 Å². The van der Waals surface area contributed by atoms with Crippen LogP contribution in [0.4, 0.5) is 0 Å². The molecule has 3 atom stereocenters. The Morgan fingerprint density at radius 1 is 0.805 bits per heavy atom. The average molecular weight is 559 g/mol. The zero-order valence-corrected chi connectivity index (χ0v) is 23.9. The van der Waals surface area contributed by atoms with Crippen molar-refractivity contribution in [1.82, 2.24) is 13.9 Å². The Morgan fingerprint density at radius 3 is 1.80 bits per heavy atom. The lowest BCUT2D eigenvalue weighted by Gasteiger charge is -2.47. The predicted molar refractivity (Wildman–Crippen MR) is 148 cm³/mol. The van der Waals surface area contributed by atoms with Crippen molar-refractivity contribution in [3.63, 3.8) is 0 Å². The molecule has 12 heteroatoms. The van der Waals surface area contributed by atoms with E-state index in [9.17, 15) is 19.2 Å². The molecule has 0 spiro atoms. The third-order valence-corrected chi connectivity index (χ3v) is 9.67. The zero-order chi connectivity index (χ0) is 29.3. The summed E-state index contributed by atoms with van der Waals surface area (Å²) in [5.74, 6) is -0.768. The molecule has 0 amide bonds. The highest BCUT2D eigenvalue weighted by Gasteiger charge is 2.61. The largest absolute Gasteiger partial charge is 0.496 e. The number of aromatic nitrogens is 3. The number of carbonyl (C=O) groups excluding carboxylic acids is 2. The zero-order valence-electron chi connectivity index (χ0n) is 23.9. The van der Waals surface area contributed by atoms with Crippen LogP contribution in [-0.2, 0) is 16.4 Å². The van der Waals surface area contributed by atoms with Crippen LogP contribution in [-0.4, -0.2) is 58.0 Å². The third-order valence-electron chi connectivity index (χ3n) is 9.67. The van der Waals surface area contributed by atoms with Gasteiger partial charge in [-0.05, 0) is 34.1 Å². The van der Waals surface area contributed by atoms with Crippen LogP contribution in [0.15, 0.2) is 33.9 Å². The molecule has 0 radical (unpaired) electrons. The predicted octanol–water partition coefficient (Wildman–Crippen LogP) is 2.50. The maximum atomic E-state index is 14.0. The molecule has 3 aromatic rings. The van der Waals surface area contributed by atoms with Crippen LogP contribution in [0.3, 0.4) is 0 Å². The van der Waals surface area contributed by atoms with E-state index in [0.29, 0.717) is 17.5 Å². The Labute approximate surface area is 235 Å². The molecule has 2 aromatic carbocycles. The van der Waals surface area contributed by atoms with Gasteiger partial charge >= 0.3 is 18.5 Å². The van der Waals surface area contributed by atoms with Crippen molar-refractivity contribution in [1.29, 1.82) is 0 Å². The molecule has 4 heterocycles. The van der Waals surface area contributed by atoms with Gasteiger partial charge in [-0.25, -0.2) is 23.5 Å². The molecule has 212 valence electrons. The van der Waals surface area contributed by atoms with Gasteiger partial charge in [-0.3, -0.25) is 9.59 Å². The van der Waals surface area contributed by atoms with E-state index in [1.54, 1.807) is 24.3 Å². The van der Waals surface area contributed by atoms with E-state index in [1.807, 2.05) is 27.7 Å². The van der Waals surface area contributed by atoms with Crippen LogP contribution in [0.1, 0.15) is 89.2 Å². The second-order valence-corrected chi connectivity index (χ2v) is 12.1. The molecule has 8 rings (SSSR count). The lowest BCUT2D eigenvalue weighted by Crippen LogP contribution is -2.50. The highest BCUT2D eigenvalue weighted by Crippen LogP contribution is 2.61. The number of methoxy groups -OCH3 is 2. The standard InChI is InChI=1S/C29H30BN3O8/c1-28(2)29(3,4)41-30(40-28)15-12-16-17-18(21(15)33-27(37)31(5)26(36)32(16)33)25(39-7)20-19(24(17)38-6)22(34)13-10-8-9-11-14(13)23(20)35/h8-11,15-16,21H,12H2,1-7H3/t15-,16+,21+/m1/s1. The summed E-state index contributed by atoms with van der Waals surface area (Å²) in [7, 11) is 3.59. The molecule has 1 aromatic heterocycles. The van der Waals surface area contributed by atoms with E-state index in [2.05, 4.69) is 0 Å². The highest BCUT2D eigenvalue weighted by molar-refractivity contribution is 6.48. The molecule has 5 aliphatic rings. The molecular formula is C29H30BN3O8. The number of fused-ring (bicyclic) bond motifs is 3. The summed E-state index contributed by atoms with van der Waals surface area (Å²) in [4.78, 5) is 55.0. The average Bonchev–Trinajstić information content (AvgIpc) is 3.32. The Bertz CT molecular complexity index is 1810. The van der Waals surface area contributed by atoms with Gasteiger partial charge in [0.2, 0.25) is 0 Å². The number of hydrogen-bond donors (Lipinski definition) is 0. The van der Waals surface area contributed by atoms with Crippen molar-refractivity contribution in [2.45, 2.75) is 63.2 Å². The van der Waals surface area contributed by atoms with E-state index in [1.165, 1.54) is 30.6 Å². The Kier molecular flexibility index (Phi) is 5.14. The fourth-order valence-corrected chi connectivity index (χ4v) is 7.05. The fraction of sp³-hybridized carbons (Fsp3) is 0.448. The number of hydrogen-bond acceptors (Lipinski definition) is 8. The summed E-state index contributed by atoms with van der Waals surface area (Å²) < 4.78 is 28.7. The van der Waals surface area contributed by atoms with Gasteiger partial charge in [0, 0.05) is 35.1 Å². The third kappa shape index (κ3) is 3.01. The van der Waals surface area contributed by atoms with Crippen LogP contribution >= 0.6 is 0 Å². The Balaban J connectivity index is 1.56. The molecule has 41 heavy (non-hydrogen) atoms. The minimum Gasteiger partial charge on any atom is -0.496 e. The van der Waals surface area contributed by atoms with Gasteiger partial charge in [-0.2, -0.15) is 0 Å². The van der Waals surface area contributed by atoms with Crippen LogP contribution in [0.25, 0.3) is 0 Å². The first-order valence-electron chi connectivity index (χ1n) is 13.6. The first-order chi connectivity index (χ1) is 19.4. The molecule has 2 aliphatic carbocycles. The minimum absolute atomic E-state index is 0.0879. The minimum atomic E-state index is -0.805. The van der Waals surface area contributed by atoms with Crippen molar-refractivity contribution < 1.29 is 28.4 Å². The van der Waals surface area contributed by atoms with Crippen molar-refractivity contribution in [3.05, 3.63) is 78.6 Å². The normalized spacial score (nSPS) is 24.6. The maximum Gasteiger partial charge on any atom is 0.463 e. The molecule has 1 fully saturated rings. The molecule has 0 unspecified atom stereocenters. The molecule has 1 saturated heterocycles. The van der Waals surface area contributed by atoms with E-state index < -0.39 is 47.6 Å². The number of ether oxygens (including phenoxy) is 2. The molecular weight excluding hydrogens is 529 g/mol. The second kappa shape index (κ2) is 8.10. The summed E-state index contributed by atoms with van der Waals surface area (Å²) in [6.45, 7) is 7.81. The fourth-order valence-electron chi connectivity index (χ4n) is 7.05. The summed E-state index contributed by atoms with van der Waals surface area (Å²) >= 11 is 0. The van der Waals surface area contributed by atoms with Gasteiger partial charge in [-0.1, -0.05) is 24.3 Å². The highest BCUT2D eigenvalue weighted by atomic mass is 16.7. The Hall–Kier alpha value is -3.90. The summed E-state index contributed by atoms with van der Waals surface area (Å²) in [5.41, 5.74) is -0.476. The van der Waals surface area contributed by atoms with Gasteiger partial charge in [0.25, 0.3) is 0 Å². The first-order valence-corrected chi connectivity index (χ1v) is 13.6. The van der Waals surface area contributed by atoms with Gasteiger partial charge in [-0.15, -0.1) is 0 Å². The first kappa shape index (κ1) is 26.0. The second-order valence-electron chi connectivity index (χ2n) is 12.1. The summed E-state index contributed by atoms with van der Waals surface area (Å²) in [6.07, 6.45) is 0.370. The lowest BCUT2D eigenvalue weighted by atomic mass is 9.57. The maximum absolute atomic E-state index is 14.0. The SMILES string of the molecule is COc1c2c(c(OC)c3c1[C@@H]1[C@H](B4OC(C)(C)C(C)(C)O4)C[C@@H]3n3c(=O)n(C)c(=O)n31)C(=O)c1ccccc1C2=O. The quantitative estimate of drug-likeness (QED) is 0.352. The lowest BCUT2D eigenvalue weighted by molar-refractivity contribution is 0.00578. The molecule has 3 aliphatic heterocycles. The van der Waals surface area contributed by atoms with Crippen molar-refractivity contribution in [2.75, 3.05) is 14.2 Å². The van der Waals surface area contributed by atoms with Gasteiger partial charge in [0.1, 0.15) is 11.5 Å². The van der Waals surface area contributed by atoms with Gasteiger partial charge in [0.05, 0.1) is 48.6 Å². The van der Waals surface area contributed by atoms with E-state index >= 15 is 0 Å². The summed E-state index contributed by atoms with van der Waals surface area (Å²) in [5, 5.41) is 0. The number of nitrogens with zero attached hydrogens (tertiary/aromatic N) is 3. The van der Waals surface area contributed by atoms with Gasteiger partial charge in [0.15, 0.2) is 11.6 Å². The van der Waals surface area contributed by atoms with Crippen molar-refractivity contribution >= 4 is 18.7 Å². The van der Waals surface area contributed by atoms with Crippen LogP contribution in [0, 0.1) is 0 Å². The molecule has 11 nitrogen and oxygen atoms in total. The Morgan fingerprint density at radius 2 is 1.29 bits per heavy atom. The van der Waals surface area contributed by atoms with Gasteiger partial charge < -0.3 is 18.8 Å². The van der Waals surface area contributed by atoms with Crippen LogP contribution in [0.5, 0.6) is 11.5 Å².